The summed E-state index contributed by atoms with van der Waals surface area (Å²) in [6.07, 6.45) is -1.33. The molecule has 2 aliphatic rings. The Bertz CT molecular complexity index is 1940. The van der Waals surface area contributed by atoms with Crippen molar-refractivity contribution in [2.75, 3.05) is 36.9 Å². The van der Waals surface area contributed by atoms with Gasteiger partial charge in [-0.2, -0.15) is 28.2 Å². The van der Waals surface area contributed by atoms with Gasteiger partial charge in [-0.1, -0.05) is 48.6 Å². The number of benzene rings is 2. The van der Waals surface area contributed by atoms with E-state index in [1.165, 1.54) is 21.7 Å². The Labute approximate surface area is 305 Å². The summed E-state index contributed by atoms with van der Waals surface area (Å²) >= 11 is 0. The minimum absolute atomic E-state index is 0.0622. The van der Waals surface area contributed by atoms with Crippen LogP contribution in [0.15, 0.2) is 72.9 Å². The molecule has 0 saturated carbocycles. The third kappa shape index (κ3) is 8.56. The van der Waals surface area contributed by atoms with Crippen LogP contribution in [-0.2, 0) is 20.9 Å². The highest BCUT2D eigenvalue weighted by molar-refractivity contribution is 5.82. The second-order valence-corrected chi connectivity index (χ2v) is 13.3. The number of halogens is 3. The van der Waals surface area contributed by atoms with E-state index in [0.717, 1.165) is 5.56 Å². The van der Waals surface area contributed by atoms with Crippen molar-refractivity contribution in [3.63, 3.8) is 0 Å². The van der Waals surface area contributed by atoms with Crippen molar-refractivity contribution in [1.82, 2.24) is 24.6 Å². The van der Waals surface area contributed by atoms with Gasteiger partial charge in [0.15, 0.2) is 0 Å². The number of ether oxygens (including phenoxy) is 3. The second kappa shape index (κ2) is 15.6. The predicted octanol–water partition coefficient (Wildman–Crippen LogP) is 6.83. The number of esters is 1. The van der Waals surface area contributed by atoms with E-state index in [0.29, 0.717) is 49.4 Å². The first-order chi connectivity index (χ1) is 25.4. The molecule has 4 aromatic rings. The zero-order chi connectivity index (χ0) is 37.8. The van der Waals surface area contributed by atoms with E-state index in [2.05, 4.69) is 15.1 Å². The minimum atomic E-state index is -4.84. The number of nitrogens with zero attached hydrogens (tertiary/aromatic N) is 6. The standard InChI is InChI=1S/C38H42F3N7O5/c1-4-9-26-12-13-29(48-17-14-25(3)45-48)28(20-26)33(38(39,40)41)53-32-21-31(43-35(42)44-32)46-18-15-37(16-19-46)22-30(34(49)51-5-2)47(24-37)36(50)52-23-27-10-7-6-8-11-27/h4,6-14,17,20-21,30,33H,5,15-16,18-19,22-24H2,1-3H3,(H2,42,43,44)/b9-4+/t30-,33+/m0/s1. The average molecular weight is 734 g/mol. The van der Waals surface area contributed by atoms with Gasteiger partial charge in [-0.05, 0) is 74.8 Å². The van der Waals surface area contributed by atoms with Crippen molar-refractivity contribution in [3.8, 4) is 11.6 Å². The van der Waals surface area contributed by atoms with Crippen molar-refractivity contribution < 1.29 is 37.0 Å². The molecule has 0 bridgehead atoms. The molecule has 2 saturated heterocycles. The number of amides is 1. The zero-order valence-corrected chi connectivity index (χ0v) is 29.8. The van der Waals surface area contributed by atoms with Gasteiger partial charge in [0, 0.05) is 37.5 Å². The van der Waals surface area contributed by atoms with Crippen LogP contribution in [0.2, 0.25) is 0 Å². The maximum absolute atomic E-state index is 14.9. The van der Waals surface area contributed by atoms with Crippen LogP contribution in [0.5, 0.6) is 5.88 Å². The molecule has 53 heavy (non-hydrogen) atoms. The molecule has 2 aliphatic heterocycles. The molecule has 4 heterocycles. The van der Waals surface area contributed by atoms with Gasteiger partial charge in [-0.3, -0.25) is 4.90 Å². The fraction of sp³-hybridized carbons (Fsp3) is 0.395. The minimum Gasteiger partial charge on any atom is -0.464 e. The first kappa shape index (κ1) is 37.2. The fourth-order valence-corrected chi connectivity index (χ4v) is 6.99. The Kier molecular flexibility index (Phi) is 10.9. The summed E-state index contributed by atoms with van der Waals surface area (Å²) in [6.45, 7) is 6.61. The van der Waals surface area contributed by atoms with Crippen LogP contribution in [0.1, 0.15) is 61.6 Å². The van der Waals surface area contributed by atoms with Crippen molar-refractivity contribution in [2.45, 2.75) is 65.0 Å². The van der Waals surface area contributed by atoms with E-state index >= 15 is 0 Å². The number of aryl methyl sites for hydroxylation is 1. The Hall–Kier alpha value is -5.60. The van der Waals surface area contributed by atoms with Crippen LogP contribution in [0.3, 0.4) is 0 Å². The third-order valence-corrected chi connectivity index (χ3v) is 9.56. The summed E-state index contributed by atoms with van der Waals surface area (Å²) in [5, 5.41) is 4.34. The molecule has 2 fully saturated rings. The molecule has 15 heteroatoms. The molecule has 2 aromatic carbocycles. The van der Waals surface area contributed by atoms with Gasteiger partial charge in [-0.15, -0.1) is 0 Å². The molecule has 0 unspecified atom stereocenters. The van der Waals surface area contributed by atoms with Gasteiger partial charge in [-0.25, -0.2) is 14.3 Å². The number of allylic oxidation sites excluding steroid dienone is 1. The first-order valence-corrected chi connectivity index (χ1v) is 17.4. The molecule has 0 radical (unpaired) electrons. The molecular weight excluding hydrogens is 691 g/mol. The number of alkyl halides is 3. The number of rotatable bonds is 10. The lowest BCUT2D eigenvalue weighted by atomic mass is 9.76. The van der Waals surface area contributed by atoms with Gasteiger partial charge < -0.3 is 24.8 Å². The molecule has 0 aliphatic carbocycles. The Morgan fingerprint density at radius 2 is 1.81 bits per heavy atom. The quantitative estimate of drug-likeness (QED) is 0.173. The van der Waals surface area contributed by atoms with E-state index in [1.807, 2.05) is 35.2 Å². The van der Waals surface area contributed by atoms with Crippen LogP contribution >= 0.6 is 0 Å². The van der Waals surface area contributed by atoms with Gasteiger partial charge in [0.2, 0.25) is 17.9 Å². The Morgan fingerprint density at radius 1 is 1.06 bits per heavy atom. The monoisotopic (exact) mass is 733 g/mol. The van der Waals surface area contributed by atoms with E-state index < -0.39 is 35.8 Å². The van der Waals surface area contributed by atoms with Crippen molar-refractivity contribution >= 4 is 29.9 Å². The molecule has 1 amide bonds. The number of carbonyl (C=O) groups is 2. The highest BCUT2D eigenvalue weighted by atomic mass is 19.4. The number of hydrogen-bond donors (Lipinski definition) is 1. The number of anilines is 2. The molecule has 12 nitrogen and oxygen atoms in total. The fourth-order valence-electron chi connectivity index (χ4n) is 6.99. The Morgan fingerprint density at radius 3 is 2.47 bits per heavy atom. The molecule has 2 N–H and O–H groups in total. The second-order valence-electron chi connectivity index (χ2n) is 13.3. The summed E-state index contributed by atoms with van der Waals surface area (Å²) in [7, 11) is 0. The molecular formula is C38H42F3N7O5. The molecule has 1 spiro atoms. The largest absolute Gasteiger partial charge is 0.464 e. The van der Waals surface area contributed by atoms with Crippen LogP contribution in [0.4, 0.5) is 29.7 Å². The maximum Gasteiger partial charge on any atom is 0.429 e. The molecule has 2 aromatic heterocycles. The van der Waals surface area contributed by atoms with Crippen molar-refractivity contribution in [3.05, 3.63) is 95.3 Å². The van der Waals surface area contributed by atoms with E-state index in [9.17, 15) is 22.8 Å². The molecule has 2 atom stereocenters. The smallest absolute Gasteiger partial charge is 0.429 e. The predicted molar refractivity (Wildman–Crippen MR) is 191 cm³/mol. The van der Waals surface area contributed by atoms with Gasteiger partial charge in [0.05, 0.1) is 18.0 Å². The summed E-state index contributed by atoms with van der Waals surface area (Å²) in [5.41, 5.74) is 7.69. The number of likely N-dealkylation sites (tertiary alicyclic amines) is 1. The normalized spacial score (nSPS) is 17.7. The van der Waals surface area contributed by atoms with Crippen LogP contribution in [0, 0.1) is 12.3 Å². The number of hydrogen-bond acceptors (Lipinski definition) is 10. The lowest BCUT2D eigenvalue weighted by Crippen LogP contribution is -2.43. The van der Waals surface area contributed by atoms with E-state index in [-0.39, 0.29) is 42.8 Å². The van der Waals surface area contributed by atoms with Crippen LogP contribution in [-0.4, -0.2) is 75.2 Å². The lowest BCUT2D eigenvalue weighted by Gasteiger charge is -2.39. The number of aromatic nitrogens is 4. The summed E-state index contributed by atoms with van der Waals surface area (Å²) < 4.78 is 62.6. The van der Waals surface area contributed by atoms with E-state index in [4.69, 9.17) is 19.9 Å². The number of nitrogens with two attached hydrogens (primary N) is 1. The number of carbonyl (C=O) groups excluding carboxylic acids is 2. The topological polar surface area (TPSA) is 138 Å². The maximum atomic E-state index is 14.9. The first-order valence-electron chi connectivity index (χ1n) is 17.4. The summed E-state index contributed by atoms with van der Waals surface area (Å²) in [6, 6.07) is 16.2. The average Bonchev–Trinajstić information content (AvgIpc) is 3.73. The van der Waals surface area contributed by atoms with Crippen LogP contribution in [0.25, 0.3) is 11.8 Å². The zero-order valence-electron chi connectivity index (χ0n) is 29.8. The summed E-state index contributed by atoms with van der Waals surface area (Å²) in [4.78, 5) is 38.0. The SMILES string of the molecule is C/C=C/c1ccc(-n2ccc(C)n2)c([C@@H](Oc2cc(N3CCC4(CC3)C[C@@H](C(=O)OCC)N(C(=O)OCc3ccccc3)C4)nc(N)n2)C(F)(F)F)c1. The van der Waals surface area contributed by atoms with Crippen LogP contribution < -0.4 is 15.4 Å². The Balaban J connectivity index is 1.21. The third-order valence-electron chi connectivity index (χ3n) is 9.56. The number of piperidine rings is 1. The van der Waals surface area contributed by atoms with Gasteiger partial charge in [0.1, 0.15) is 18.5 Å². The summed E-state index contributed by atoms with van der Waals surface area (Å²) in [5.74, 6) is -0.785. The van der Waals surface area contributed by atoms with Crippen molar-refractivity contribution in [1.29, 1.82) is 0 Å². The van der Waals surface area contributed by atoms with Gasteiger partial charge in [0.25, 0.3) is 0 Å². The van der Waals surface area contributed by atoms with E-state index in [1.54, 1.807) is 57.3 Å². The highest BCUT2D eigenvalue weighted by Gasteiger charge is 2.51. The molecule has 280 valence electrons. The number of nitrogen functional groups attached to an aromatic ring is 1. The molecule has 6 rings (SSSR count). The lowest BCUT2D eigenvalue weighted by molar-refractivity contribution is -0.198. The van der Waals surface area contributed by atoms with Gasteiger partial charge >= 0.3 is 18.2 Å². The van der Waals surface area contributed by atoms with Crippen molar-refractivity contribution in [2.24, 2.45) is 5.41 Å². The highest BCUT2D eigenvalue weighted by Crippen LogP contribution is 2.45.